The fraction of sp³-hybridized carbons (Fsp3) is 0.158. The molecule has 2 heteroatoms. The van der Waals surface area contributed by atoms with Crippen molar-refractivity contribution >= 4 is 22.5 Å². The Morgan fingerprint density at radius 2 is 1.52 bits per heavy atom. The van der Waals surface area contributed by atoms with Gasteiger partial charge >= 0.3 is 0 Å². The van der Waals surface area contributed by atoms with Gasteiger partial charge in [0.15, 0.2) is 0 Å². The molecule has 0 aliphatic rings. The first-order chi connectivity index (χ1) is 10.4. The summed E-state index contributed by atoms with van der Waals surface area (Å²) in [5.41, 5.74) is 0. The summed E-state index contributed by atoms with van der Waals surface area (Å²) in [6.45, 7) is 2.88. The molecule has 1 nitrogen and oxygen atoms in total. The van der Waals surface area contributed by atoms with Crippen LogP contribution in [0.5, 0.6) is 5.75 Å². The van der Waals surface area contributed by atoms with E-state index in [1.54, 1.807) is 11.8 Å². The Bertz CT molecular complexity index is 731. The number of fused-ring (bicyclic) bond motifs is 1. The van der Waals surface area contributed by atoms with Crippen LogP contribution < -0.4 is 4.74 Å². The Balaban J connectivity index is 1.95. The molecule has 0 aliphatic heterocycles. The number of rotatable bonds is 5. The first kappa shape index (κ1) is 14.0. The van der Waals surface area contributed by atoms with Crippen molar-refractivity contribution in [3.63, 3.8) is 0 Å². The minimum absolute atomic E-state index is 0.757. The number of ether oxygens (including phenoxy) is 1. The molecule has 21 heavy (non-hydrogen) atoms. The second-order valence-electron chi connectivity index (χ2n) is 4.87. The molecule has 106 valence electrons. The molecule has 0 bridgehead atoms. The molecule has 0 amide bonds. The molecule has 0 aliphatic carbocycles. The predicted octanol–water partition coefficient (Wildman–Crippen LogP) is 5.78. The lowest BCUT2D eigenvalue weighted by Gasteiger charge is -2.11. The van der Waals surface area contributed by atoms with E-state index in [0.717, 1.165) is 18.8 Å². The highest BCUT2D eigenvalue weighted by atomic mass is 32.2. The molecule has 0 saturated carbocycles. The van der Waals surface area contributed by atoms with Gasteiger partial charge in [0.25, 0.3) is 0 Å². The maximum absolute atomic E-state index is 5.85. The first-order valence-corrected chi connectivity index (χ1v) is 8.07. The van der Waals surface area contributed by atoms with Crippen molar-refractivity contribution in [3.05, 3.63) is 66.7 Å². The van der Waals surface area contributed by atoms with Crippen molar-refractivity contribution in [1.29, 1.82) is 0 Å². The Kier molecular flexibility index (Phi) is 4.46. The Hall–Kier alpha value is -1.93. The van der Waals surface area contributed by atoms with Crippen molar-refractivity contribution in [3.8, 4) is 5.75 Å². The van der Waals surface area contributed by atoms with E-state index in [-0.39, 0.29) is 0 Å². The third kappa shape index (κ3) is 3.22. The molecule has 0 atom stereocenters. The van der Waals surface area contributed by atoms with Gasteiger partial charge in [-0.2, -0.15) is 0 Å². The zero-order valence-electron chi connectivity index (χ0n) is 12.1. The fourth-order valence-corrected chi connectivity index (χ4v) is 3.32. The van der Waals surface area contributed by atoms with E-state index >= 15 is 0 Å². The van der Waals surface area contributed by atoms with Gasteiger partial charge in [-0.05, 0) is 35.4 Å². The largest absolute Gasteiger partial charge is 0.492 e. The van der Waals surface area contributed by atoms with Crippen LogP contribution >= 0.6 is 11.8 Å². The Morgan fingerprint density at radius 1 is 0.810 bits per heavy atom. The van der Waals surface area contributed by atoms with E-state index < -0.39 is 0 Å². The molecule has 3 aromatic carbocycles. The van der Waals surface area contributed by atoms with Crippen LogP contribution in [0.25, 0.3) is 10.8 Å². The number of benzene rings is 3. The topological polar surface area (TPSA) is 9.23 Å². The van der Waals surface area contributed by atoms with Crippen LogP contribution in [-0.4, -0.2) is 6.61 Å². The van der Waals surface area contributed by atoms with E-state index in [4.69, 9.17) is 4.74 Å². The lowest BCUT2D eigenvalue weighted by atomic mass is 10.1. The van der Waals surface area contributed by atoms with Gasteiger partial charge in [-0.15, -0.1) is 0 Å². The minimum atomic E-state index is 0.757. The van der Waals surface area contributed by atoms with E-state index in [1.165, 1.54) is 20.6 Å². The van der Waals surface area contributed by atoms with Gasteiger partial charge in [0.05, 0.1) is 11.5 Å². The molecule has 0 saturated heterocycles. The van der Waals surface area contributed by atoms with Crippen LogP contribution in [0, 0.1) is 0 Å². The SMILES string of the molecule is CCCOc1ccccc1Sc1cccc2ccccc12. The first-order valence-electron chi connectivity index (χ1n) is 7.26. The van der Waals surface area contributed by atoms with Crippen LogP contribution in [0.15, 0.2) is 76.5 Å². The second kappa shape index (κ2) is 6.68. The summed E-state index contributed by atoms with van der Waals surface area (Å²) in [5.74, 6) is 0.970. The maximum Gasteiger partial charge on any atom is 0.133 e. The van der Waals surface area contributed by atoms with E-state index in [2.05, 4.69) is 61.5 Å². The van der Waals surface area contributed by atoms with E-state index in [0.29, 0.717) is 0 Å². The van der Waals surface area contributed by atoms with Gasteiger partial charge in [0, 0.05) is 4.90 Å². The molecular weight excluding hydrogens is 276 g/mol. The predicted molar refractivity (Wildman–Crippen MR) is 90.3 cm³/mol. The lowest BCUT2D eigenvalue weighted by molar-refractivity contribution is 0.310. The summed E-state index contributed by atoms with van der Waals surface area (Å²) in [4.78, 5) is 2.43. The summed E-state index contributed by atoms with van der Waals surface area (Å²) < 4.78 is 5.85. The highest BCUT2D eigenvalue weighted by molar-refractivity contribution is 7.99. The van der Waals surface area contributed by atoms with Crippen LogP contribution in [0.3, 0.4) is 0 Å². The molecule has 0 aromatic heterocycles. The fourth-order valence-electron chi connectivity index (χ4n) is 2.27. The molecule has 0 spiro atoms. The van der Waals surface area contributed by atoms with Gasteiger partial charge in [-0.25, -0.2) is 0 Å². The standard InChI is InChI=1S/C19H18OS/c1-2-14-20-17-11-5-6-12-19(17)21-18-13-7-9-15-8-3-4-10-16(15)18/h3-13H,2,14H2,1H3. The Labute approximate surface area is 130 Å². The molecule has 0 radical (unpaired) electrons. The zero-order valence-corrected chi connectivity index (χ0v) is 12.9. The molecule has 0 heterocycles. The highest BCUT2D eigenvalue weighted by Crippen LogP contribution is 2.38. The van der Waals surface area contributed by atoms with Crippen LogP contribution in [0.2, 0.25) is 0 Å². The van der Waals surface area contributed by atoms with Gasteiger partial charge in [0.1, 0.15) is 5.75 Å². The van der Waals surface area contributed by atoms with Crippen molar-refractivity contribution in [2.45, 2.75) is 23.1 Å². The highest BCUT2D eigenvalue weighted by Gasteiger charge is 2.07. The third-order valence-corrected chi connectivity index (χ3v) is 4.41. The quantitative estimate of drug-likeness (QED) is 0.590. The zero-order chi connectivity index (χ0) is 14.5. The average Bonchev–Trinajstić information content (AvgIpc) is 2.54. The van der Waals surface area contributed by atoms with E-state index in [9.17, 15) is 0 Å². The number of para-hydroxylation sites is 1. The van der Waals surface area contributed by atoms with Gasteiger partial charge in [0.2, 0.25) is 0 Å². The summed E-state index contributed by atoms with van der Waals surface area (Å²) >= 11 is 1.77. The maximum atomic E-state index is 5.85. The van der Waals surface area contributed by atoms with Crippen LogP contribution in [-0.2, 0) is 0 Å². The van der Waals surface area contributed by atoms with Crippen molar-refractivity contribution in [1.82, 2.24) is 0 Å². The van der Waals surface area contributed by atoms with Crippen LogP contribution in [0.1, 0.15) is 13.3 Å². The lowest BCUT2D eigenvalue weighted by Crippen LogP contribution is -1.96. The molecule has 3 aromatic rings. The van der Waals surface area contributed by atoms with Gasteiger partial charge < -0.3 is 4.74 Å². The average molecular weight is 294 g/mol. The summed E-state index contributed by atoms with van der Waals surface area (Å²) in [6.07, 6.45) is 1.02. The number of hydrogen-bond acceptors (Lipinski definition) is 2. The third-order valence-electron chi connectivity index (χ3n) is 3.28. The van der Waals surface area contributed by atoms with Gasteiger partial charge in [-0.3, -0.25) is 0 Å². The summed E-state index contributed by atoms with van der Waals surface area (Å²) in [6, 6.07) is 23.2. The van der Waals surface area contributed by atoms with Crippen molar-refractivity contribution < 1.29 is 4.74 Å². The summed E-state index contributed by atoms with van der Waals surface area (Å²) in [5, 5.41) is 2.56. The second-order valence-corrected chi connectivity index (χ2v) is 5.96. The number of hydrogen-bond donors (Lipinski definition) is 0. The van der Waals surface area contributed by atoms with Crippen LogP contribution in [0.4, 0.5) is 0 Å². The molecule has 0 fully saturated rings. The summed E-state index contributed by atoms with van der Waals surface area (Å²) in [7, 11) is 0. The van der Waals surface area contributed by atoms with Crippen molar-refractivity contribution in [2.24, 2.45) is 0 Å². The smallest absolute Gasteiger partial charge is 0.133 e. The molecule has 0 unspecified atom stereocenters. The van der Waals surface area contributed by atoms with Gasteiger partial charge in [-0.1, -0.05) is 67.2 Å². The normalized spacial score (nSPS) is 10.7. The minimum Gasteiger partial charge on any atom is -0.492 e. The Morgan fingerprint density at radius 3 is 2.43 bits per heavy atom. The molecule has 3 rings (SSSR count). The van der Waals surface area contributed by atoms with Crippen molar-refractivity contribution in [2.75, 3.05) is 6.61 Å². The monoisotopic (exact) mass is 294 g/mol. The molecular formula is C19H18OS. The molecule has 0 N–H and O–H groups in total. The van der Waals surface area contributed by atoms with E-state index in [1.807, 2.05) is 12.1 Å².